The molecule has 92 valence electrons. The van der Waals surface area contributed by atoms with Crippen molar-refractivity contribution in [3.63, 3.8) is 0 Å². The number of hydrogen-bond acceptors (Lipinski definition) is 2. The van der Waals surface area contributed by atoms with E-state index in [-0.39, 0.29) is 36.4 Å². The van der Waals surface area contributed by atoms with Crippen molar-refractivity contribution in [2.45, 2.75) is 52.6 Å². The first kappa shape index (κ1) is 13.0. The van der Waals surface area contributed by atoms with E-state index in [4.69, 9.17) is 0 Å². The minimum atomic E-state index is -0.303. The maximum atomic E-state index is 11.9. The Morgan fingerprint density at radius 2 is 2.00 bits per heavy atom. The van der Waals surface area contributed by atoms with Crippen LogP contribution in [0.4, 0.5) is 0 Å². The first-order valence-electron chi connectivity index (χ1n) is 6.07. The summed E-state index contributed by atoms with van der Waals surface area (Å²) in [6.45, 7) is 8.23. The molecule has 1 saturated heterocycles. The molecule has 1 heterocycles. The zero-order valence-corrected chi connectivity index (χ0v) is 10.6. The van der Waals surface area contributed by atoms with Gasteiger partial charge in [-0.05, 0) is 19.3 Å². The standard InChI is InChI=1S/C12H22N2O2/c1-5-6-9(4)14-10(15)7-13-12(16)11(14)8(2)3/h8-9,11H,5-7H2,1-4H3,(H,13,16). The third-order valence-corrected chi connectivity index (χ3v) is 3.08. The molecule has 16 heavy (non-hydrogen) atoms. The van der Waals surface area contributed by atoms with Crippen LogP contribution in [0, 0.1) is 5.92 Å². The summed E-state index contributed by atoms with van der Waals surface area (Å²) in [4.78, 5) is 25.4. The molecule has 0 aromatic heterocycles. The fourth-order valence-electron chi connectivity index (χ4n) is 2.34. The minimum absolute atomic E-state index is 0.0162. The molecule has 1 N–H and O–H groups in total. The smallest absolute Gasteiger partial charge is 0.243 e. The number of nitrogens with zero attached hydrogens (tertiary/aromatic N) is 1. The van der Waals surface area contributed by atoms with Crippen molar-refractivity contribution < 1.29 is 9.59 Å². The van der Waals surface area contributed by atoms with Crippen LogP contribution < -0.4 is 5.32 Å². The highest BCUT2D eigenvalue weighted by Crippen LogP contribution is 2.20. The zero-order valence-electron chi connectivity index (χ0n) is 10.6. The maximum absolute atomic E-state index is 11.9. The number of nitrogens with one attached hydrogen (secondary N) is 1. The minimum Gasteiger partial charge on any atom is -0.345 e. The van der Waals surface area contributed by atoms with Gasteiger partial charge in [0, 0.05) is 6.04 Å². The van der Waals surface area contributed by atoms with Crippen LogP contribution in [-0.2, 0) is 9.59 Å². The van der Waals surface area contributed by atoms with Crippen molar-refractivity contribution in [1.29, 1.82) is 0 Å². The molecule has 0 saturated carbocycles. The van der Waals surface area contributed by atoms with Crippen LogP contribution in [0.2, 0.25) is 0 Å². The molecule has 0 aromatic carbocycles. The molecule has 0 radical (unpaired) electrons. The Bertz CT molecular complexity index is 276. The van der Waals surface area contributed by atoms with Crippen molar-refractivity contribution in [3.05, 3.63) is 0 Å². The second kappa shape index (κ2) is 5.32. The van der Waals surface area contributed by atoms with Crippen molar-refractivity contribution in [1.82, 2.24) is 10.2 Å². The molecule has 1 rings (SSSR count). The molecule has 0 aromatic rings. The van der Waals surface area contributed by atoms with E-state index in [9.17, 15) is 9.59 Å². The fraction of sp³-hybridized carbons (Fsp3) is 0.833. The zero-order chi connectivity index (χ0) is 12.3. The number of carbonyl (C=O) groups excluding carboxylic acids is 2. The van der Waals surface area contributed by atoms with E-state index in [0.29, 0.717) is 0 Å². The predicted octanol–water partition coefficient (Wildman–Crippen LogP) is 1.16. The molecule has 1 fully saturated rings. The third-order valence-electron chi connectivity index (χ3n) is 3.08. The summed E-state index contributed by atoms with van der Waals surface area (Å²) in [7, 11) is 0. The average Bonchev–Trinajstić information content (AvgIpc) is 2.20. The second-order valence-corrected chi connectivity index (χ2v) is 4.85. The van der Waals surface area contributed by atoms with Gasteiger partial charge in [-0.25, -0.2) is 0 Å². The van der Waals surface area contributed by atoms with Crippen molar-refractivity contribution in [2.24, 2.45) is 5.92 Å². The maximum Gasteiger partial charge on any atom is 0.243 e. The molecule has 0 bridgehead atoms. The summed E-state index contributed by atoms with van der Waals surface area (Å²) in [5.74, 6) is 0.181. The molecule has 1 aliphatic heterocycles. The van der Waals surface area contributed by atoms with Gasteiger partial charge in [0.2, 0.25) is 11.8 Å². The lowest BCUT2D eigenvalue weighted by Crippen LogP contribution is -2.62. The van der Waals surface area contributed by atoms with Crippen molar-refractivity contribution >= 4 is 11.8 Å². The van der Waals surface area contributed by atoms with Gasteiger partial charge in [0.15, 0.2) is 0 Å². The highest BCUT2D eigenvalue weighted by molar-refractivity contribution is 5.95. The summed E-state index contributed by atoms with van der Waals surface area (Å²) in [5, 5.41) is 2.66. The largest absolute Gasteiger partial charge is 0.345 e. The number of carbonyl (C=O) groups is 2. The van der Waals surface area contributed by atoms with Gasteiger partial charge in [0.1, 0.15) is 6.04 Å². The first-order chi connectivity index (χ1) is 7.49. The summed E-state index contributed by atoms with van der Waals surface area (Å²) in [6.07, 6.45) is 1.97. The van der Waals surface area contributed by atoms with Crippen LogP contribution >= 0.6 is 0 Å². The Balaban J connectivity index is 2.88. The molecule has 4 nitrogen and oxygen atoms in total. The lowest BCUT2D eigenvalue weighted by atomic mass is 9.96. The fourth-order valence-corrected chi connectivity index (χ4v) is 2.34. The normalized spacial score (nSPS) is 23.6. The van der Waals surface area contributed by atoms with E-state index in [1.807, 2.05) is 20.8 Å². The van der Waals surface area contributed by atoms with Crippen LogP contribution in [-0.4, -0.2) is 35.3 Å². The second-order valence-electron chi connectivity index (χ2n) is 4.85. The van der Waals surface area contributed by atoms with E-state index in [1.165, 1.54) is 0 Å². The predicted molar refractivity (Wildman–Crippen MR) is 62.9 cm³/mol. The van der Waals surface area contributed by atoms with Gasteiger partial charge in [-0.1, -0.05) is 27.2 Å². The van der Waals surface area contributed by atoms with Crippen LogP contribution in [0.1, 0.15) is 40.5 Å². The number of rotatable bonds is 4. The quantitative estimate of drug-likeness (QED) is 0.782. The van der Waals surface area contributed by atoms with E-state index in [0.717, 1.165) is 12.8 Å². The Hall–Kier alpha value is -1.06. The van der Waals surface area contributed by atoms with Crippen molar-refractivity contribution in [2.75, 3.05) is 6.54 Å². The summed E-state index contributed by atoms with van der Waals surface area (Å²) in [6, 6.07) is -0.154. The van der Waals surface area contributed by atoms with Crippen LogP contribution in [0.25, 0.3) is 0 Å². The van der Waals surface area contributed by atoms with Gasteiger partial charge in [0.05, 0.1) is 6.54 Å². The molecule has 4 heteroatoms. The van der Waals surface area contributed by atoms with E-state index in [2.05, 4.69) is 12.2 Å². The van der Waals surface area contributed by atoms with Gasteiger partial charge >= 0.3 is 0 Å². The topological polar surface area (TPSA) is 49.4 Å². The molecule has 2 atom stereocenters. The Kier molecular flexibility index (Phi) is 4.33. The third kappa shape index (κ3) is 2.54. The summed E-state index contributed by atoms with van der Waals surface area (Å²) >= 11 is 0. The molecule has 1 aliphatic rings. The summed E-state index contributed by atoms with van der Waals surface area (Å²) < 4.78 is 0. The monoisotopic (exact) mass is 226 g/mol. The Morgan fingerprint density at radius 1 is 1.38 bits per heavy atom. The van der Waals surface area contributed by atoms with Crippen LogP contribution in [0.15, 0.2) is 0 Å². The Labute approximate surface area is 97.4 Å². The van der Waals surface area contributed by atoms with Gasteiger partial charge in [-0.2, -0.15) is 0 Å². The first-order valence-corrected chi connectivity index (χ1v) is 6.07. The molecule has 0 aliphatic carbocycles. The number of amides is 2. The highest BCUT2D eigenvalue weighted by atomic mass is 16.2. The molecule has 2 amide bonds. The number of piperazine rings is 1. The van der Waals surface area contributed by atoms with E-state index < -0.39 is 0 Å². The average molecular weight is 226 g/mol. The van der Waals surface area contributed by atoms with Gasteiger partial charge in [-0.15, -0.1) is 0 Å². The Morgan fingerprint density at radius 3 is 2.50 bits per heavy atom. The molecular weight excluding hydrogens is 204 g/mol. The van der Waals surface area contributed by atoms with Gasteiger partial charge in [-0.3, -0.25) is 9.59 Å². The molecule has 2 unspecified atom stereocenters. The number of hydrogen-bond donors (Lipinski definition) is 1. The SMILES string of the molecule is CCCC(C)N1C(=O)CNC(=O)C1C(C)C. The van der Waals surface area contributed by atoms with Gasteiger partial charge < -0.3 is 10.2 Å². The van der Waals surface area contributed by atoms with Crippen molar-refractivity contribution in [3.8, 4) is 0 Å². The molecular formula is C12H22N2O2. The lowest BCUT2D eigenvalue weighted by Gasteiger charge is -2.41. The highest BCUT2D eigenvalue weighted by Gasteiger charge is 2.38. The molecule has 0 spiro atoms. The van der Waals surface area contributed by atoms with Gasteiger partial charge in [0.25, 0.3) is 0 Å². The lowest BCUT2D eigenvalue weighted by molar-refractivity contribution is -0.150. The van der Waals surface area contributed by atoms with E-state index >= 15 is 0 Å². The van der Waals surface area contributed by atoms with Crippen LogP contribution in [0.5, 0.6) is 0 Å². The summed E-state index contributed by atoms with van der Waals surface area (Å²) in [5.41, 5.74) is 0. The van der Waals surface area contributed by atoms with E-state index in [1.54, 1.807) is 4.90 Å². The van der Waals surface area contributed by atoms with Crippen LogP contribution in [0.3, 0.4) is 0 Å².